The Bertz CT molecular complexity index is 3350. The largest absolute Gasteiger partial charge is 0.213 e. The van der Waals surface area contributed by atoms with Gasteiger partial charge in [0.25, 0.3) is 0 Å². The average Bonchev–Trinajstić information content (AvgIpc) is 3.37. The van der Waals surface area contributed by atoms with Crippen LogP contribution in [0.4, 0.5) is 0 Å². The molecule has 0 fully saturated rings. The molecule has 6 nitrogen and oxygen atoms in total. The Morgan fingerprint density at radius 3 is 0.968 bits per heavy atom. The molecule has 2 heterocycles. The van der Waals surface area contributed by atoms with Gasteiger partial charge in [0, 0.05) is 34.2 Å². The van der Waals surface area contributed by atoms with E-state index in [0.29, 0.717) is 41.4 Å². The number of rotatable bonds is 9. The summed E-state index contributed by atoms with van der Waals surface area (Å²) in [6.45, 7) is 0. The summed E-state index contributed by atoms with van der Waals surface area (Å²) in [6.07, 6.45) is 0.590. The van der Waals surface area contributed by atoms with Gasteiger partial charge < -0.3 is 0 Å². The van der Waals surface area contributed by atoms with Crippen LogP contribution in [-0.4, -0.2) is 29.9 Å². The molecule has 9 aromatic carbocycles. The second-order valence-electron chi connectivity index (χ2n) is 15.5. The molecule has 0 spiro atoms. The van der Waals surface area contributed by atoms with Gasteiger partial charge in [-0.25, -0.2) is 29.9 Å². The first-order valence-corrected chi connectivity index (χ1v) is 21.1. The van der Waals surface area contributed by atoms with E-state index in [4.69, 9.17) is 29.9 Å². The molecule has 2 aromatic heterocycles. The van der Waals surface area contributed by atoms with Crippen LogP contribution in [0.2, 0.25) is 0 Å². The molecular formula is C57H38N6. The van der Waals surface area contributed by atoms with E-state index in [1.54, 1.807) is 0 Å². The molecule has 0 saturated carbocycles. The zero-order chi connectivity index (χ0) is 42.0. The van der Waals surface area contributed by atoms with Crippen LogP contribution in [0.1, 0.15) is 11.4 Å². The number of aromatic nitrogens is 6. The van der Waals surface area contributed by atoms with Gasteiger partial charge in [0.2, 0.25) is 0 Å². The molecule has 0 N–H and O–H groups in total. The Hall–Kier alpha value is -8.48. The zero-order valence-electron chi connectivity index (χ0n) is 34.2. The SMILES string of the molecule is c1ccc(Cc2nc(-c3ccccc3)nc(-c3cccc(-c4c(-c5cccc(-c6nc(-c7ccccc7)nc(-c7ccccc7)n6)c5)c5ccccc5c5ccccc45)c3)n2)cc1. The molecule has 0 saturated heterocycles. The van der Waals surface area contributed by atoms with Gasteiger partial charge in [-0.3, -0.25) is 0 Å². The monoisotopic (exact) mass is 806 g/mol. The molecular weight excluding hydrogens is 769 g/mol. The summed E-state index contributed by atoms with van der Waals surface area (Å²) in [6, 6.07) is 75.3. The molecule has 0 aliphatic heterocycles. The Morgan fingerprint density at radius 2 is 0.540 bits per heavy atom. The molecule has 11 rings (SSSR count). The minimum Gasteiger partial charge on any atom is -0.213 e. The maximum Gasteiger partial charge on any atom is 0.164 e. The van der Waals surface area contributed by atoms with Crippen LogP contribution < -0.4 is 0 Å². The Balaban J connectivity index is 1.11. The lowest BCUT2D eigenvalue weighted by atomic mass is 9.84. The van der Waals surface area contributed by atoms with Crippen molar-refractivity contribution in [3.05, 3.63) is 230 Å². The lowest BCUT2D eigenvalue weighted by Crippen LogP contribution is -2.04. The highest BCUT2D eigenvalue weighted by Crippen LogP contribution is 2.45. The summed E-state index contributed by atoms with van der Waals surface area (Å²) in [5.41, 5.74) is 10.1. The summed E-state index contributed by atoms with van der Waals surface area (Å²) in [4.78, 5) is 30.3. The van der Waals surface area contributed by atoms with Crippen molar-refractivity contribution >= 4 is 21.5 Å². The topological polar surface area (TPSA) is 77.3 Å². The van der Waals surface area contributed by atoms with Crippen LogP contribution in [0.3, 0.4) is 0 Å². The Labute approximate surface area is 365 Å². The van der Waals surface area contributed by atoms with Gasteiger partial charge in [0.1, 0.15) is 5.82 Å². The van der Waals surface area contributed by atoms with Crippen molar-refractivity contribution in [2.75, 3.05) is 0 Å². The molecule has 0 aliphatic carbocycles. The summed E-state index contributed by atoms with van der Waals surface area (Å²) in [7, 11) is 0. The van der Waals surface area contributed by atoms with E-state index in [1.807, 2.05) is 109 Å². The van der Waals surface area contributed by atoms with Gasteiger partial charge in [-0.15, -0.1) is 0 Å². The van der Waals surface area contributed by atoms with Crippen LogP contribution in [0.15, 0.2) is 218 Å². The van der Waals surface area contributed by atoms with Crippen LogP contribution in [-0.2, 0) is 6.42 Å². The summed E-state index contributed by atoms with van der Waals surface area (Å²) < 4.78 is 0. The van der Waals surface area contributed by atoms with Gasteiger partial charge in [-0.2, -0.15) is 0 Å². The van der Waals surface area contributed by atoms with Crippen LogP contribution >= 0.6 is 0 Å². The number of fused-ring (bicyclic) bond motifs is 3. The summed E-state index contributed by atoms with van der Waals surface area (Å²) >= 11 is 0. The molecule has 296 valence electrons. The number of hydrogen-bond donors (Lipinski definition) is 0. The van der Waals surface area contributed by atoms with Gasteiger partial charge in [-0.05, 0) is 61.5 Å². The molecule has 6 heteroatoms. The van der Waals surface area contributed by atoms with Crippen LogP contribution in [0.25, 0.3) is 101 Å². The van der Waals surface area contributed by atoms with Crippen LogP contribution in [0.5, 0.6) is 0 Å². The van der Waals surface area contributed by atoms with Crippen molar-refractivity contribution in [2.24, 2.45) is 0 Å². The van der Waals surface area contributed by atoms with Crippen molar-refractivity contribution in [1.29, 1.82) is 0 Å². The third-order valence-corrected chi connectivity index (χ3v) is 11.4. The maximum atomic E-state index is 5.11. The molecule has 0 amide bonds. The minimum absolute atomic E-state index is 0.590. The fourth-order valence-corrected chi connectivity index (χ4v) is 8.43. The molecule has 0 unspecified atom stereocenters. The first kappa shape index (κ1) is 37.5. The standard InChI is InChI=1S/C57H38N6/c1-5-19-38(20-6-1)35-50-58-53(39-21-7-2-8-22-39)60-56(59-50)44-29-17-27-42(36-44)51-48-33-15-13-31-46(48)47-32-14-16-34-49(47)52(51)43-28-18-30-45(37-43)57-62-54(40-23-9-3-10-24-40)61-55(63-57)41-25-11-4-12-26-41/h1-34,36-37H,35H2. The molecule has 0 aliphatic rings. The maximum absolute atomic E-state index is 5.11. The number of hydrogen-bond acceptors (Lipinski definition) is 6. The smallest absolute Gasteiger partial charge is 0.164 e. The van der Waals surface area contributed by atoms with Crippen molar-refractivity contribution in [1.82, 2.24) is 29.9 Å². The second-order valence-corrected chi connectivity index (χ2v) is 15.5. The van der Waals surface area contributed by atoms with Gasteiger partial charge in [-0.1, -0.05) is 206 Å². The highest BCUT2D eigenvalue weighted by Gasteiger charge is 2.20. The van der Waals surface area contributed by atoms with E-state index in [-0.39, 0.29) is 0 Å². The molecule has 63 heavy (non-hydrogen) atoms. The van der Waals surface area contributed by atoms with Crippen molar-refractivity contribution in [3.63, 3.8) is 0 Å². The quantitative estimate of drug-likeness (QED) is 0.135. The van der Waals surface area contributed by atoms with E-state index in [2.05, 4.69) is 109 Å². The van der Waals surface area contributed by atoms with E-state index in [0.717, 1.165) is 66.4 Å². The zero-order valence-corrected chi connectivity index (χ0v) is 34.2. The average molecular weight is 807 g/mol. The first-order valence-electron chi connectivity index (χ1n) is 21.1. The number of benzene rings is 9. The van der Waals surface area contributed by atoms with Crippen LogP contribution in [0, 0.1) is 0 Å². The fraction of sp³-hybridized carbons (Fsp3) is 0.0175. The Morgan fingerprint density at radius 1 is 0.238 bits per heavy atom. The van der Waals surface area contributed by atoms with Gasteiger partial charge >= 0.3 is 0 Å². The van der Waals surface area contributed by atoms with Crippen molar-refractivity contribution < 1.29 is 0 Å². The molecule has 0 bridgehead atoms. The minimum atomic E-state index is 0.590. The highest BCUT2D eigenvalue weighted by atomic mass is 15.0. The van der Waals surface area contributed by atoms with E-state index in [1.165, 1.54) is 10.8 Å². The van der Waals surface area contributed by atoms with Gasteiger partial charge in [0.15, 0.2) is 29.1 Å². The lowest BCUT2D eigenvalue weighted by Gasteiger charge is -2.19. The normalized spacial score (nSPS) is 11.2. The number of nitrogens with zero attached hydrogens (tertiary/aromatic N) is 6. The van der Waals surface area contributed by atoms with Gasteiger partial charge in [0.05, 0.1) is 0 Å². The molecule has 0 atom stereocenters. The third kappa shape index (κ3) is 7.51. The predicted molar refractivity (Wildman–Crippen MR) is 256 cm³/mol. The van der Waals surface area contributed by atoms with E-state index >= 15 is 0 Å². The molecule has 0 radical (unpaired) electrons. The fourth-order valence-electron chi connectivity index (χ4n) is 8.43. The highest BCUT2D eigenvalue weighted by molar-refractivity contribution is 6.21. The molecule has 11 aromatic rings. The van der Waals surface area contributed by atoms with E-state index in [9.17, 15) is 0 Å². The lowest BCUT2D eigenvalue weighted by molar-refractivity contribution is 0.932. The Kier molecular flexibility index (Phi) is 9.84. The van der Waals surface area contributed by atoms with Crippen molar-refractivity contribution in [2.45, 2.75) is 6.42 Å². The summed E-state index contributed by atoms with van der Waals surface area (Å²) in [5, 5.41) is 4.66. The van der Waals surface area contributed by atoms with E-state index < -0.39 is 0 Å². The second kappa shape index (κ2) is 16.5. The predicted octanol–water partition coefficient (Wildman–Crippen LogP) is 13.6. The summed E-state index contributed by atoms with van der Waals surface area (Å²) in [5.74, 6) is 3.85. The first-order chi connectivity index (χ1) is 31.2. The third-order valence-electron chi connectivity index (χ3n) is 11.4. The van der Waals surface area contributed by atoms with Crippen molar-refractivity contribution in [3.8, 4) is 79.2 Å².